The third-order valence-corrected chi connectivity index (χ3v) is 3.76. The van der Waals surface area contributed by atoms with Crippen molar-refractivity contribution in [3.63, 3.8) is 0 Å². The highest BCUT2D eigenvalue weighted by molar-refractivity contribution is 5.37. The van der Waals surface area contributed by atoms with Gasteiger partial charge in [-0.3, -0.25) is 4.98 Å². The largest absolute Gasteiger partial charge is 0.388 e. The lowest BCUT2D eigenvalue weighted by Crippen LogP contribution is -2.34. The number of anilines is 1. The molecule has 0 fully saturated rings. The fraction of sp³-hybridized carbons (Fsp3) is 0.588. The summed E-state index contributed by atoms with van der Waals surface area (Å²) in [7, 11) is 0. The summed E-state index contributed by atoms with van der Waals surface area (Å²) < 4.78 is 1.77. The number of aromatic nitrogens is 4. The predicted octanol–water partition coefficient (Wildman–Crippen LogP) is 2.88. The maximum absolute atomic E-state index is 10.4. The normalized spacial score (nSPS) is 14.0. The Balaban J connectivity index is 2.04. The molecule has 0 saturated carbocycles. The number of hydrogen-bond donors (Lipinski definition) is 2. The van der Waals surface area contributed by atoms with Crippen molar-refractivity contribution >= 4 is 5.82 Å². The van der Waals surface area contributed by atoms with Gasteiger partial charge in [0.15, 0.2) is 5.82 Å². The fourth-order valence-corrected chi connectivity index (χ4v) is 2.37. The average molecular weight is 317 g/mol. The topological polar surface area (TPSA) is 75.9 Å². The second kappa shape index (κ2) is 7.08. The first-order valence-corrected chi connectivity index (χ1v) is 8.09. The van der Waals surface area contributed by atoms with E-state index in [1.54, 1.807) is 17.1 Å². The van der Waals surface area contributed by atoms with Gasteiger partial charge in [-0.25, -0.2) is 9.67 Å². The molecule has 126 valence electrons. The first-order valence-electron chi connectivity index (χ1n) is 8.09. The molecule has 0 aliphatic carbocycles. The van der Waals surface area contributed by atoms with Crippen molar-refractivity contribution in [2.24, 2.45) is 5.92 Å². The Labute approximate surface area is 138 Å². The number of hydrogen-bond acceptors (Lipinski definition) is 5. The van der Waals surface area contributed by atoms with Gasteiger partial charge < -0.3 is 10.4 Å². The van der Waals surface area contributed by atoms with Crippen molar-refractivity contribution in [2.45, 2.75) is 53.1 Å². The fourth-order valence-electron chi connectivity index (χ4n) is 2.37. The van der Waals surface area contributed by atoms with Gasteiger partial charge in [-0.2, -0.15) is 5.10 Å². The molecule has 0 aliphatic heterocycles. The molecule has 1 atom stereocenters. The minimum Gasteiger partial charge on any atom is -0.388 e. The summed E-state index contributed by atoms with van der Waals surface area (Å²) in [5.74, 6) is 1.89. The molecule has 2 rings (SSSR count). The first-order chi connectivity index (χ1) is 10.8. The number of aliphatic hydroxyl groups is 1. The van der Waals surface area contributed by atoms with Gasteiger partial charge in [0.1, 0.15) is 5.82 Å². The molecule has 23 heavy (non-hydrogen) atoms. The van der Waals surface area contributed by atoms with Crippen LogP contribution in [0.3, 0.4) is 0 Å². The zero-order chi connectivity index (χ0) is 17.0. The Hall–Kier alpha value is -1.95. The molecule has 0 aliphatic rings. The van der Waals surface area contributed by atoms with Crippen LogP contribution in [0.25, 0.3) is 5.82 Å². The van der Waals surface area contributed by atoms with E-state index >= 15 is 0 Å². The third-order valence-electron chi connectivity index (χ3n) is 3.76. The highest BCUT2D eigenvalue weighted by Crippen LogP contribution is 2.17. The molecule has 0 amide bonds. The molecule has 0 spiro atoms. The van der Waals surface area contributed by atoms with E-state index in [4.69, 9.17) is 0 Å². The second-order valence-electron chi connectivity index (χ2n) is 6.88. The lowest BCUT2D eigenvalue weighted by molar-refractivity contribution is 0.0585. The van der Waals surface area contributed by atoms with E-state index in [0.717, 1.165) is 24.2 Å². The molecular weight excluding hydrogens is 290 g/mol. The van der Waals surface area contributed by atoms with Crippen LogP contribution in [0.15, 0.2) is 18.5 Å². The quantitative estimate of drug-likeness (QED) is 0.821. The van der Waals surface area contributed by atoms with Crippen LogP contribution in [-0.4, -0.2) is 37.0 Å². The predicted molar refractivity (Wildman–Crippen MR) is 91.8 cm³/mol. The first kappa shape index (κ1) is 17.4. The highest BCUT2D eigenvalue weighted by atomic mass is 16.3. The van der Waals surface area contributed by atoms with Crippen molar-refractivity contribution in [1.29, 1.82) is 0 Å². The molecule has 6 nitrogen and oxygen atoms in total. The lowest BCUT2D eigenvalue weighted by atomic mass is 9.95. The van der Waals surface area contributed by atoms with Crippen LogP contribution in [0.5, 0.6) is 0 Å². The monoisotopic (exact) mass is 317 g/mol. The Morgan fingerprint density at radius 3 is 2.65 bits per heavy atom. The van der Waals surface area contributed by atoms with Crippen LogP contribution in [-0.2, 0) is 0 Å². The summed E-state index contributed by atoms with van der Waals surface area (Å²) in [5.41, 5.74) is 1.19. The number of nitrogens with one attached hydrogen (secondary N) is 1. The average Bonchev–Trinajstić information content (AvgIpc) is 2.82. The van der Waals surface area contributed by atoms with Gasteiger partial charge in [0.05, 0.1) is 23.7 Å². The number of aryl methyl sites for hydroxylation is 2. The molecule has 2 N–H and O–H groups in total. The van der Waals surface area contributed by atoms with E-state index in [2.05, 4.69) is 34.2 Å². The van der Waals surface area contributed by atoms with Gasteiger partial charge in [0, 0.05) is 12.2 Å². The van der Waals surface area contributed by atoms with Gasteiger partial charge >= 0.3 is 0 Å². The molecule has 2 aromatic heterocycles. The van der Waals surface area contributed by atoms with Gasteiger partial charge in [0.25, 0.3) is 0 Å². The minimum atomic E-state index is -0.764. The Morgan fingerprint density at radius 1 is 1.30 bits per heavy atom. The lowest BCUT2D eigenvalue weighted by Gasteiger charge is -2.24. The van der Waals surface area contributed by atoms with Gasteiger partial charge in [-0.1, -0.05) is 13.8 Å². The standard InChI is InChI=1S/C17H27N5O/c1-12(2)6-7-17(5,23)11-19-15-9-18-10-16(20-15)22-14(4)8-13(3)21-22/h8-10,12,23H,6-7,11H2,1-5H3,(H,19,20). The molecule has 2 aromatic rings. The van der Waals surface area contributed by atoms with Gasteiger partial charge in [0.2, 0.25) is 0 Å². The van der Waals surface area contributed by atoms with Crippen LogP contribution in [0.2, 0.25) is 0 Å². The van der Waals surface area contributed by atoms with E-state index in [-0.39, 0.29) is 0 Å². The summed E-state index contributed by atoms with van der Waals surface area (Å²) in [6.45, 7) is 10.5. The molecule has 0 saturated heterocycles. The molecular formula is C17H27N5O. The Morgan fingerprint density at radius 2 is 2.04 bits per heavy atom. The SMILES string of the molecule is Cc1cc(C)n(-c2cncc(NCC(C)(O)CCC(C)C)n2)n1. The maximum atomic E-state index is 10.4. The van der Waals surface area contributed by atoms with E-state index in [1.807, 2.05) is 26.8 Å². The van der Waals surface area contributed by atoms with Crippen molar-refractivity contribution in [3.05, 3.63) is 29.8 Å². The second-order valence-corrected chi connectivity index (χ2v) is 6.88. The highest BCUT2D eigenvalue weighted by Gasteiger charge is 2.20. The smallest absolute Gasteiger partial charge is 0.174 e. The van der Waals surface area contributed by atoms with Crippen molar-refractivity contribution in [1.82, 2.24) is 19.7 Å². The minimum absolute atomic E-state index is 0.439. The summed E-state index contributed by atoms with van der Waals surface area (Å²) in [5, 5.41) is 18.0. The van der Waals surface area contributed by atoms with Crippen LogP contribution in [0.1, 0.15) is 45.0 Å². The summed E-state index contributed by atoms with van der Waals surface area (Å²) >= 11 is 0. The maximum Gasteiger partial charge on any atom is 0.174 e. The van der Waals surface area contributed by atoms with Crippen molar-refractivity contribution in [2.75, 3.05) is 11.9 Å². The van der Waals surface area contributed by atoms with E-state index in [0.29, 0.717) is 24.1 Å². The van der Waals surface area contributed by atoms with Crippen molar-refractivity contribution < 1.29 is 5.11 Å². The van der Waals surface area contributed by atoms with E-state index < -0.39 is 5.60 Å². The summed E-state index contributed by atoms with van der Waals surface area (Å²) in [6.07, 6.45) is 5.09. The van der Waals surface area contributed by atoms with Crippen molar-refractivity contribution in [3.8, 4) is 5.82 Å². The Bertz CT molecular complexity index is 648. The van der Waals surface area contributed by atoms with Crippen LogP contribution in [0.4, 0.5) is 5.82 Å². The summed E-state index contributed by atoms with van der Waals surface area (Å²) in [6, 6.07) is 2.00. The molecule has 0 bridgehead atoms. The van der Waals surface area contributed by atoms with Gasteiger partial charge in [-0.05, 0) is 45.6 Å². The molecule has 2 heterocycles. The summed E-state index contributed by atoms with van der Waals surface area (Å²) in [4.78, 5) is 8.75. The Kier molecular flexibility index (Phi) is 5.36. The van der Waals surface area contributed by atoms with Crippen LogP contribution in [0, 0.1) is 19.8 Å². The molecule has 6 heteroatoms. The third kappa shape index (κ3) is 5.03. The number of rotatable bonds is 7. The van der Waals surface area contributed by atoms with Crippen LogP contribution >= 0.6 is 0 Å². The molecule has 1 unspecified atom stereocenters. The number of nitrogens with zero attached hydrogens (tertiary/aromatic N) is 4. The van der Waals surface area contributed by atoms with Crippen LogP contribution < -0.4 is 5.32 Å². The molecule has 0 aromatic carbocycles. The zero-order valence-electron chi connectivity index (χ0n) is 14.7. The van der Waals surface area contributed by atoms with E-state index in [1.165, 1.54) is 0 Å². The molecule has 0 radical (unpaired) electrons. The van der Waals surface area contributed by atoms with E-state index in [9.17, 15) is 5.11 Å². The zero-order valence-corrected chi connectivity index (χ0v) is 14.7. The van der Waals surface area contributed by atoms with Gasteiger partial charge in [-0.15, -0.1) is 0 Å².